The Morgan fingerprint density at radius 1 is 1.47 bits per heavy atom. The van der Waals surface area contributed by atoms with Gasteiger partial charge in [0.2, 0.25) is 0 Å². The van der Waals surface area contributed by atoms with Gasteiger partial charge in [-0.1, -0.05) is 0 Å². The van der Waals surface area contributed by atoms with Gasteiger partial charge in [-0.3, -0.25) is 9.88 Å². The second-order valence-electron chi connectivity index (χ2n) is 5.02. The highest BCUT2D eigenvalue weighted by atomic mass is 16.5. The molecule has 2 heterocycles. The number of methoxy groups -OCH3 is 2. The highest BCUT2D eigenvalue weighted by Crippen LogP contribution is 2.31. The van der Waals surface area contributed by atoms with E-state index in [4.69, 9.17) is 9.47 Å². The van der Waals surface area contributed by atoms with Gasteiger partial charge < -0.3 is 14.6 Å². The molecule has 0 spiro atoms. The summed E-state index contributed by atoms with van der Waals surface area (Å²) in [5, 5.41) is 9.63. The summed E-state index contributed by atoms with van der Waals surface area (Å²) >= 11 is 0. The molecule has 0 amide bonds. The van der Waals surface area contributed by atoms with Crippen LogP contribution in [0.1, 0.15) is 19.0 Å². The summed E-state index contributed by atoms with van der Waals surface area (Å²) in [5.74, 6) is 1.76. The van der Waals surface area contributed by atoms with E-state index < -0.39 is 0 Å². The summed E-state index contributed by atoms with van der Waals surface area (Å²) < 4.78 is 10.7. The molecule has 1 aliphatic rings. The van der Waals surface area contributed by atoms with Crippen LogP contribution in [0.5, 0.6) is 11.5 Å². The zero-order valence-electron chi connectivity index (χ0n) is 11.8. The Kier molecular flexibility index (Phi) is 4.61. The van der Waals surface area contributed by atoms with Crippen molar-refractivity contribution in [1.82, 2.24) is 9.88 Å². The molecule has 0 saturated carbocycles. The van der Waals surface area contributed by atoms with Crippen molar-refractivity contribution >= 4 is 0 Å². The van der Waals surface area contributed by atoms with Gasteiger partial charge in [-0.25, -0.2) is 0 Å². The van der Waals surface area contributed by atoms with E-state index >= 15 is 0 Å². The second kappa shape index (κ2) is 6.21. The summed E-state index contributed by atoms with van der Waals surface area (Å²) in [7, 11) is 3.26. The highest BCUT2D eigenvalue weighted by Gasteiger charge is 2.27. The van der Waals surface area contributed by atoms with Crippen LogP contribution in [0.2, 0.25) is 0 Å². The van der Waals surface area contributed by atoms with Crippen LogP contribution in [0.15, 0.2) is 12.3 Å². The predicted octanol–water partition coefficient (Wildman–Crippen LogP) is 1.30. The number of hydrogen-bond donors (Lipinski definition) is 1. The van der Waals surface area contributed by atoms with Crippen molar-refractivity contribution in [2.45, 2.75) is 26.0 Å². The van der Waals surface area contributed by atoms with E-state index in [2.05, 4.69) is 9.88 Å². The molecule has 1 saturated heterocycles. The van der Waals surface area contributed by atoms with Crippen LogP contribution in [0, 0.1) is 5.92 Å². The fourth-order valence-corrected chi connectivity index (χ4v) is 2.58. The molecule has 0 aromatic carbocycles. The van der Waals surface area contributed by atoms with Crippen molar-refractivity contribution in [1.29, 1.82) is 0 Å². The van der Waals surface area contributed by atoms with Gasteiger partial charge >= 0.3 is 0 Å². The smallest absolute Gasteiger partial charge is 0.183 e. The van der Waals surface area contributed by atoms with Gasteiger partial charge in [0.1, 0.15) is 5.69 Å². The summed E-state index contributed by atoms with van der Waals surface area (Å²) in [6.45, 7) is 4.47. The van der Waals surface area contributed by atoms with Gasteiger partial charge in [0.05, 0.1) is 20.3 Å². The third kappa shape index (κ3) is 3.16. The van der Waals surface area contributed by atoms with E-state index in [9.17, 15) is 5.11 Å². The molecule has 1 aliphatic heterocycles. The van der Waals surface area contributed by atoms with Crippen molar-refractivity contribution < 1.29 is 14.6 Å². The van der Waals surface area contributed by atoms with Gasteiger partial charge in [-0.05, 0) is 25.8 Å². The predicted molar refractivity (Wildman–Crippen MR) is 72.4 cm³/mol. The van der Waals surface area contributed by atoms with Gasteiger partial charge in [0.25, 0.3) is 0 Å². The lowest BCUT2D eigenvalue weighted by atomic mass is 10.0. The Morgan fingerprint density at radius 3 is 2.84 bits per heavy atom. The van der Waals surface area contributed by atoms with Crippen LogP contribution in [0.4, 0.5) is 0 Å². The molecule has 19 heavy (non-hydrogen) atoms. The van der Waals surface area contributed by atoms with Crippen molar-refractivity contribution in [3.63, 3.8) is 0 Å². The molecule has 1 aromatic rings. The first-order valence-corrected chi connectivity index (χ1v) is 6.62. The van der Waals surface area contributed by atoms with E-state index in [-0.39, 0.29) is 6.10 Å². The molecule has 2 unspecified atom stereocenters. The maximum Gasteiger partial charge on any atom is 0.183 e. The number of ether oxygens (including phenoxy) is 2. The summed E-state index contributed by atoms with van der Waals surface area (Å²) in [4.78, 5) is 6.68. The van der Waals surface area contributed by atoms with Crippen LogP contribution in [-0.2, 0) is 6.54 Å². The summed E-state index contributed by atoms with van der Waals surface area (Å²) in [6.07, 6.45) is 2.52. The molecule has 2 rings (SSSR count). The largest absolute Gasteiger partial charge is 0.493 e. The average molecular weight is 266 g/mol. The number of aromatic nitrogens is 1. The average Bonchev–Trinajstić information content (AvgIpc) is 2.87. The Labute approximate surface area is 114 Å². The number of nitrogens with zero attached hydrogens (tertiary/aromatic N) is 2. The first kappa shape index (κ1) is 14.1. The fraction of sp³-hybridized carbons (Fsp3) is 0.643. The lowest BCUT2D eigenvalue weighted by Crippen LogP contribution is -2.24. The molecule has 1 fully saturated rings. The quantitative estimate of drug-likeness (QED) is 0.870. The van der Waals surface area contributed by atoms with Crippen molar-refractivity contribution in [3.05, 3.63) is 18.0 Å². The van der Waals surface area contributed by atoms with Crippen LogP contribution in [-0.4, -0.2) is 48.4 Å². The molecule has 5 heteroatoms. The number of pyridine rings is 1. The molecular formula is C14H22N2O3. The minimum Gasteiger partial charge on any atom is -0.493 e. The lowest BCUT2D eigenvalue weighted by Gasteiger charge is -2.19. The molecular weight excluding hydrogens is 244 g/mol. The number of aliphatic hydroxyl groups is 1. The molecule has 0 bridgehead atoms. The van der Waals surface area contributed by atoms with Crippen molar-refractivity contribution in [2.24, 2.45) is 5.92 Å². The van der Waals surface area contributed by atoms with Crippen LogP contribution in [0.25, 0.3) is 0 Å². The topological polar surface area (TPSA) is 54.8 Å². The normalized spacial score (nSPS) is 21.4. The van der Waals surface area contributed by atoms with Gasteiger partial charge in [-0.2, -0.15) is 0 Å². The molecule has 2 atom stereocenters. The molecule has 5 nitrogen and oxygen atoms in total. The van der Waals surface area contributed by atoms with Gasteiger partial charge in [-0.15, -0.1) is 0 Å². The van der Waals surface area contributed by atoms with E-state index in [1.54, 1.807) is 26.5 Å². The maximum absolute atomic E-state index is 9.63. The van der Waals surface area contributed by atoms with Crippen LogP contribution >= 0.6 is 0 Å². The number of likely N-dealkylation sites (tertiary alicyclic amines) is 1. The highest BCUT2D eigenvalue weighted by molar-refractivity contribution is 5.42. The van der Waals surface area contributed by atoms with E-state index in [0.29, 0.717) is 17.4 Å². The lowest BCUT2D eigenvalue weighted by molar-refractivity contribution is 0.127. The second-order valence-corrected chi connectivity index (χ2v) is 5.02. The number of hydrogen-bond acceptors (Lipinski definition) is 5. The first-order valence-electron chi connectivity index (χ1n) is 6.62. The monoisotopic (exact) mass is 266 g/mol. The third-order valence-electron chi connectivity index (χ3n) is 3.73. The Hall–Kier alpha value is -1.33. The third-order valence-corrected chi connectivity index (χ3v) is 3.73. The van der Waals surface area contributed by atoms with Crippen molar-refractivity contribution in [2.75, 3.05) is 27.3 Å². The Morgan fingerprint density at radius 2 is 2.26 bits per heavy atom. The van der Waals surface area contributed by atoms with Crippen LogP contribution in [0.3, 0.4) is 0 Å². The van der Waals surface area contributed by atoms with Crippen molar-refractivity contribution in [3.8, 4) is 11.5 Å². The number of aliphatic hydroxyl groups excluding tert-OH is 1. The minimum absolute atomic E-state index is 0.245. The van der Waals surface area contributed by atoms with Gasteiger partial charge in [0.15, 0.2) is 11.5 Å². The van der Waals surface area contributed by atoms with Crippen LogP contribution < -0.4 is 9.47 Å². The first-order chi connectivity index (χ1) is 9.15. The molecule has 0 radical (unpaired) electrons. The number of rotatable bonds is 5. The Bertz CT molecular complexity index is 423. The zero-order valence-corrected chi connectivity index (χ0v) is 11.8. The zero-order chi connectivity index (χ0) is 13.8. The molecule has 106 valence electrons. The summed E-state index contributed by atoms with van der Waals surface area (Å²) in [6, 6.07) is 1.80. The van der Waals surface area contributed by atoms with Gasteiger partial charge in [0, 0.05) is 25.4 Å². The molecule has 0 aliphatic carbocycles. The standard InChI is InChI=1S/C14H22N2O3/c1-10(17)11-5-7-16(8-11)9-12-14(19-3)13(18-2)4-6-15-12/h4,6,10-11,17H,5,7-9H2,1-3H3. The fourth-order valence-electron chi connectivity index (χ4n) is 2.58. The minimum atomic E-state index is -0.245. The maximum atomic E-state index is 9.63. The SMILES string of the molecule is COc1ccnc(CN2CCC(C(C)O)C2)c1OC. The Balaban J connectivity index is 2.08. The van der Waals surface area contributed by atoms with E-state index in [1.807, 2.05) is 6.92 Å². The summed E-state index contributed by atoms with van der Waals surface area (Å²) in [5.41, 5.74) is 0.882. The molecule has 1 aromatic heterocycles. The molecule has 1 N–H and O–H groups in total. The van der Waals surface area contributed by atoms with E-state index in [1.165, 1.54) is 0 Å². The van der Waals surface area contributed by atoms with E-state index in [0.717, 1.165) is 31.7 Å².